The maximum absolute atomic E-state index is 6.26. The SMILES string of the molecule is CCOC(OCC)C(N)c1cccc(CC(C)C)c1. The Hall–Kier alpha value is -0.900. The number of hydrogen-bond donors (Lipinski definition) is 1. The highest BCUT2D eigenvalue weighted by atomic mass is 16.7. The minimum Gasteiger partial charge on any atom is -0.351 e. The van der Waals surface area contributed by atoms with Gasteiger partial charge in [0, 0.05) is 13.2 Å². The average molecular weight is 265 g/mol. The smallest absolute Gasteiger partial charge is 0.176 e. The topological polar surface area (TPSA) is 44.5 Å². The highest BCUT2D eigenvalue weighted by Crippen LogP contribution is 2.20. The van der Waals surface area contributed by atoms with E-state index in [1.807, 2.05) is 19.9 Å². The second-order valence-electron chi connectivity index (χ2n) is 5.15. The molecule has 1 aromatic rings. The van der Waals surface area contributed by atoms with Crippen LogP contribution in [0.1, 0.15) is 44.9 Å². The minimum atomic E-state index is -0.371. The van der Waals surface area contributed by atoms with Crippen molar-refractivity contribution >= 4 is 0 Å². The molecule has 19 heavy (non-hydrogen) atoms. The summed E-state index contributed by atoms with van der Waals surface area (Å²) >= 11 is 0. The van der Waals surface area contributed by atoms with Crippen molar-refractivity contribution < 1.29 is 9.47 Å². The molecule has 3 nitrogen and oxygen atoms in total. The van der Waals surface area contributed by atoms with Gasteiger partial charge in [0.2, 0.25) is 0 Å². The Morgan fingerprint density at radius 1 is 1.11 bits per heavy atom. The third kappa shape index (κ3) is 5.31. The fourth-order valence-corrected chi connectivity index (χ4v) is 2.14. The molecular formula is C16H27NO2. The quantitative estimate of drug-likeness (QED) is 0.734. The molecule has 2 N–H and O–H groups in total. The third-order valence-corrected chi connectivity index (χ3v) is 2.93. The molecule has 0 spiro atoms. The number of hydrogen-bond acceptors (Lipinski definition) is 3. The van der Waals surface area contributed by atoms with Crippen molar-refractivity contribution in [2.24, 2.45) is 11.7 Å². The van der Waals surface area contributed by atoms with Crippen LogP contribution in [0.4, 0.5) is 0 Å². The first kappa shape index (κ1) is 16.2. The summed E-state index contributed by atoms with van der Waals surface area (Å²) in [7, 11) is 0. The molecule has 0 heterocycles. The molecule has 1 unspecified atom stereocenters. The molecule has 0 fully saturated rings. The van der Waals surface area contributed by atoms with Crippen LogP contribution in [0.15, 0.2) is 24.3 Å². The summed E-state index contributed by atoms with van der Waals surface area (Å²) in [5.41, 5.74) is 8.65. The molecule has 0 amide bonds. The fourth-order valence-electron chi connectivity index (χ4n) is 2.14. The molecule has 0 aromatic heterocycles. The van der Waals surface area contributed by atoms with Crippen molar-refractivity contribution in [3.63, 3.8) is 0 Å². The van der Waals surface area contributed by atoms with E-state index in [0.717, 1.165) is 12.0 Å². The summed E-state index contributed by atoms with van der Waals surface area (Å²) < 4.78 is 11.1. The summed E-state index contributed by atoms with van der Waals surface area (Å²) in [5, 5.41) is 0. The van der Waals surface area contributed by atoms with Crippen LogP contribution >= 0.6 is 0 Å². The lowest BCUT2D eigenvalue weighted by molar-refractivity contribution is -0.149. The van der Waals surface area contributed by atoms with Gasteiger partial charge in [0.25, 0.3) is 0 Å². The lowest BCUT2D eigenvalue weighted by Gasteiger charge is -2.24. The van der Waals surface area contributed by atoms with Crippen LogP contribution in [0, 0.1) is 5.92 Å². The maximum Gasteiger partial charge on any atom is 0.176 e. The lowest BCUT2D eigenvalue weighted by atomic mass is 9.98. The number of benzene rings is 1. The summed E-state index contributed by atoms with van der Waals surface area (Å²) in [6.07, 6.45) is 0.693. The first-order chi connectivity index (χ1) is 9.08. The maximum atomic E-state index is 6.26. The molecule has 1 atom stereocenters. The summed E-state index contributed by atoms with van der Waals surface area (Å²) in [4.78, 5) is 0. The van der Waals surface area contributed by atoms with Gasteiger partial charge in [-0.3, -0.25) is 0 Å². The Balaban J connectivity index is 2.81. The predicted molar refractivity (Wildman–Crippen MR) is 79.0 cm³/mol. The van der Waals surface area contributed by atoms with Crippen molar-refractivity contribution in [2.75, 3.05) is 13.2 Å². The average Bonchev–Trinajstić information content (AvgIpc) is 2.37. The van der Waals surface area contributed by atoms with Crippen LogP contribution in [-0.2, 0) is 15.9 Å². The van der Waals surface area contributed by atoms with E-state index < -0.39 is 0 Å². The molecule has 0 aliphatic rings. The van der Waals surface area contributed by atoms with E-state index in [0.29, 0.717) is 19.1 Å². The van der Waals surface area contributed by atoms with Gasteiger partial charge >= 0.3 is 0 Å². The Labute approximate surface area is 117 Å². The predicted octanol–water partition coefficient (Wildman–Crippen LogP) is 3.28. The summed E-state index contributed by atoms with van der Waals surface area (Å²) in [6.45, 7) is 9.54. The summed E-state index contributed by atoms with van der Waals surface area (Å²) in [6, 6.07) is 8.16. The van der Waals surface area contributed by atoms with Crippen molar-refractivity contribution in [2.45, 2.75) is 46.4 Å². The van der Waals surface area contributed by atoms with E-state index in [9.17, 15) is 0 Å². The molecule has 0 saturated heterocycles. The van der Waals surface area contributed by atoms with Crippen molar-refractivity contribution in [3.05, 3.63) is 35.4 Å². The number of rotatable bonds is 8. The van der Waals surface area contributed by atoms with E-state index >= 15 is 0 Å². The first-order valence-electron chi connectivity index (χ1n) is 7.16. The van der Waals surface area contributed by atoms with Crippen LogP contribution < -0.4 is 5.73 Å². The second-order valence-corrected chi connectivity index (χ2v) is 5.15. The van der Waals surface area contributed by atoms with Crippen molar-refractivity contribution in [3.8, 4) is 0 Å². The van der Waals surface area contributed by atoms with E-state index in [1.165, 1.54) is 5.56 Å². The molecule has 1 rings (SSSR count). The van der Waals surface area contributed by atoms with Crippen molar-refractivity contribution in [1.29, 1.82) is 0 Å². The number of nitrogens with two attached hydrogens (primary N) is 1. The molecule has 0 saturated carbocycles. The van der Waals surface area contributed by atoms with Gasteiger partial charge in [-0.05, 0) is 37.3 Å². The largest absolute Gasteiger partial charge is 0.351 e. The Kier molecular flexibility index (Phi) is 7.06. The molecule has 3 heteroatoms. The van der Waals surface area contributed by atoms with Crippen LogP contribution in [0.5, 0.6) is 0 Å². The van der Waals surface area contributed by atoms with Gasteiger partial charge in [-0.2, -0.15) is 0 Å². The monoisotopic (exact) mass is 265 g/mol. The third-order valence-electron chi connectivity index (χ3n) is 2.93. The molecule has 0 radical (unpaired) electrons. The van der Waals surface area contributed by atoms with E-state index in [2.05, 4.69) is 32.0 Å². The minimum absolute atomic E-state index is 0.244. The van der Waals surface area contributed by atoms with E-state index in [4.69, 9.17) is 15.2 Å². The lowest BCUT2D eigenvalue weighted by Crippen LogP contribution is -2.31. The van der Waals surface area contributed by atoms with E-state index in [1.54, 1.807) is 0 Å². The van der Waals surface area contributed by atoms with Crippen LogP contribution in [0.2, 0.25) is 0 Å². The van der Waals surface area contributed by atoms with Crippen molar-refractivity contribution in [1.82, 2.24) is 0 Å². The standard InChI is InChI=1S/C16H27NO2/c1-5-18-16(19-6-2)15(17)14-9-7-8-13(11-14)10-12(3)4/h7-9,11-12,15-16H,5-6,10,17H2,1-4H3. The highest BCUT2D eigenvalue weighted by molar-refractivity contribution is 5.26. The van der Waals surface area contributed by atoms with Gasteiger partial charge in [-0.25, -0.2) is 0 Å². The van der Waals surface area contributed by atoms with Gasteiger partial charge in [-0.15, -0.1) is 0 Å². The molecule has 0 aliphatic heterocycles. The van der Waals surface area contributed by atoms with Crippen LogP contribution in [-0.4, -0.2) is 19.5 Å². The number of ether oxygens (including phenoxy) is 2. The molecule has 0 aliphatic carbocycles. The van der Waals surface area contributed by atoms with Crippen LogP contribution in [0.3, 0.4) is 0 Å². The van der Waals surface area contributed by atoms with Gasteiger partial charge in [-0.1, -0.05) is 38.1 Å². The zero-order valence-electron chi connectivity index (χ0n) is 12.6. The second kappa shape index (κ2) is 8.31. The van der Waals surface area contributed by atoms with Crippen LogP contribution in [0.25, 0.3) is 0 Å². The van der Waals surface area contributed by atoms with E-state index in [-0.39, 0.29) is 12.3 Å². The van der Waals surface area contributed by atoms with Gasteiger partial charge in [0.05, 0.1) is 6.04 Å². The molecule has 108 valence electrons. The Morgan fingerprint density at radius 2 is 1.74 bits per heavy atom. The normalized spacial score (nSPS) is 13.2. The zero-order chi connectivity index (χ0) is 14.3. The molecular weight excluding hydrogens is 238 g/mol. The molecule has 0 bridgehead atoms. The Morgan fingerprint density at radius 3 is 2.26 bits per heavy atom. The molecule has 1 aromatic carbocycles. The fraction of sp³-hybridized carbons (Fsp3) is 0.625. The summed E-state index contributed by atoms with van der Waals surface area (Å²) in [5.74, 6) is 0.640. The highest BCUT2D eigenvalue weighted by Gasteiger charge is 2.20. The van der Waals surface area contributed by atoms with Gasteiger partial charge in [0.1, 0.15) is 0 Å². The first-order valence-corrected chi connectivity index (χ1v) is 7.16. The van der Waals surface area contributed by atoms with Gasteiger partial charge in [0.15, 0.2) is 6.29 Å². The Bertz CT molecular complexity index is 360. The van der Waals surface area contributed by atoms with Gasteiger partial charge < -0.3 is 15.2 Å². The zero-order valence-corrected chi connectivity index (χ0v) is 12.6.